The molecule has 0 radical (unpaired) electrons. The minimum Gasteiger partial charge on any atom is -0.497 e. The minimum atomic E-state index is 0.308. The predicted octanol–water partition coefficient (Wildman–Crippen LogP) is 3.48. The maximum Gasteiger partial charge on any atom is 0.128 e. The van der Waals surface area contributed by atoms with E-state index in [9.17, 15) is 0 Å². The Morgan fingerprint density at radius 2 is 1.84 bits per heavy atom. The summed E-state index contributed by atoms with van der Waals surface area (Å²) in [5.41, 5.74) is 8.22. The number of rotatable bonds is 5. The van der Waals surface area contributed by atoms with Crippen LogP contribution < -0.4 is 20.5 Å². The van der Waals surface area contributed by atoms with E-state index >= 15 is 0 Å². The van der Waals surface area contributed by atoms with Crippen LogP contribution in [0.1, 0.15) is 11.6 Å². The molecule has 2 saturated heterocycles. The van der Waals surface area contributed by atoms with Crippen LogP contribution in [-0.2, 0) is 0 Å². The van der Waals surface area contributed by atoms with E-state index in [0.717, 1.165) is 50.8 Å². The van der Waals surface area contributed by atoms with Crippen molar-refractivity contribution in [3.05, 3.63) is 65.3 Å². The van der Waals surface area contributed by atoms with Crippen molar-refractivity contribution in [1.29, 1.82) is 0 Å². The maximum absolute atomic E-state index is 5.97. The molecule has 2 fully saturated rings. The number of benzene rings is 2. The number of piperazine rings is 1. The van der Waals surface area contributed by atoms with Gasteiger partial charge in [-0.25, -0.2) is 10.4 Å². The number of nitrogens with zero attached hydrogens (tertiary/aromatic N) is 3. The highest BCUT2D eigenvalue weighted by Gasteiger charge is 2.31. The molecular weight excluding hydrogens is 410 g/mol. The number of ether oxygens (including phenoxy) is 1. The normalized spacial score (nSPS) is 22.2. The molecule has 3 aromatic rings. The van der Waals surface area contributed by atoms with Gasteiger partial charge in [-0.05, 0) is 46.7 Å². The molecule has 2 N–H and O–H groups in total. The monoisotopic (exact) mass is 437 g/mol. The molecule has 162 valence electrons. The summed E-state index contributed by atoms with van der Waals surface area (Å²) in [7, 11) is 1.71. The molecule has 6 nitrogen and oxygen atoms in total. The molecule has 31 heavy (non-hydrogen) atoms. The molecule has 2 aliphatic heterocycles. The second kappa shape index (κ2) is 9.01. The minimum absolute atomic E-state index is 0.308. The fraction of sp³-hybridized carbons (Fsp3) is 0.375. The molecule has 0 spiro atoms. The smallest absolute Gasteiger partial charge is 0.128 e. The van der Waals surface area contributed by atoms with Gasteiger partial charge >= 0.3 is 0 Å². The first-order valence-corrected chi connectivity index (χ1v) is 11.2. The maximum atomic E-state index is 5.97. The topological polar surface area (TPSA) is 52.7 Å². The van der Waals surface area contributed by atoms with Gasteiger partial charge < -0.3 is 9.64 Å². The first-order chi connectivity index (χ1) is 15.2. The number of methoxy groups -OCH3 is 1. The van der Waals surface area contributed by atoms with E-state index < -0.39 is 0 Å². The first kappa shape index (κ1) is 20.5. The summed E-state index contributed by atoms with van der Waals surface area (Å²) in [6, 6.07) is 17.2. The lowest BCUT2D eigenvalue weighted by Crippen LogP contribution is -2.48. The number of hydrogen-bond donors (Lipinski definition) is 2. The fourth-order valence-corrected chi connectivity index (χ4v) is 4.78. The number of hydrogen-bond acceptors (Lipinski definition) is 6. The summed E-state index contributed by atoms with van der Waals surface area (Å²) in [6.07, 6.45) is 1.73. The van der Waals surface area contributed by atoms with Crippen LogP contribution in [0.15, 0.2) is 54.7 Å². The largest absolute Gasteiger partial charge is 0.497 e. The van der Waals surface area contributed by atoms with Gasteiger partial charge in [-0.15, -0.1) is 0 Å². The van der Waals surface area contributed by atoms with Crippen molar-refractivity contribution in [3.8, 4) is 5.75 Å². The zero-order valence-corrected chi connectivity index (χ0v) is 18.5. The zero-order chi connectivity index (χ0) is 21.2. The molecule has 0 bridgehead atoms. The van der Waals surface area contributed by atoms with Crippen LogP contribution >= 0.6 is 11.6 Å². The summed E-state index contributed by atoms with van der Waals surface area (Å²) >= 11 is 5.97. The van der Waals surface area contributed by atoms with Gasteiger partial charge in [0.05, 0.1) is 18.2 Å². The van der Waals surface area contributed by atoms with E-state index in [1.165, 1.54) is 16.3 Å². The standard InChI is InChI=1S/C24H28ClN5O/c1-31-22-6-4-17-12-19(3-2-18(17)13-22)24-20(14-27-28-24)16-29-8-10-30(11-9-29)23-7-5-21(25)15-26-23/h2-7,12-13,15,20,24,27-28H,8-11,14,16H2,1H3. The molecule has 1 aromatic heterocycles. The van der Waals surface area contributed by atoms with E-state index in [1.807, 2.05) is 18.2 Å². The van der Waals surface area contributed by atoms with Crippen molar-refractivity contribution < 1.29 is 4.74 Å². The summed E-state index contributed by atoms with van der Waals surface area (Å²) in [4.78, 5) is 9.38. The molecule has 2 aromatic carbocycles. The molecule has 2 atom stereocenters. The molecule has 3 heterocycles. The highest BCUT2D eigenvalue weighted by atomic mass is 35.5. The first-order valence-electron chi connectivity index (χ1n) is 10.8. The molecule has 7 heteroatoms. The summed E-state index contributed by atoms with van der Waals surface area (Å²) in [5, 5.41) is 3.13. The second-order valence-corrected chi connectivity index (χ2v) is 8.79. The predicted molar refractivity (Wildman–Crippen MR) is 126 cm³/mol. The van der Waals surface area contributed by atoms with Gasteiger partial charge in [0.1, 0.15) is 11.6 Å². The van der Waals surface area contributed by atoms with E-state index in [2.05, 4.69) is 56.0 Å². The van der Waals surface area contributed by atoms with Crippen LogP contribution in [0, 0.1) is 5.92 Å². The molecular formula is C24H28ClN5O. The van der Waals surface area contributed by atoms with Crippen molar-refractivity contribution in [2.45, 2.75) is 6.04 Å². The third-order valence-corrected chi connectivity index (χ3v) is 6.65. The molecule has 2 unspecified atom stereocenters. The van der Waals surface area contributed by atoms with Crippen molar-refractivity contribution in [2.24, 2.45) is 5.92 Å². The van der Waals surface area contributed by atoms with Crippen molar-refractivity contribution >= 4 is 28.2 Å². The van der Waals surface area contributed by atoms with E-state index in [-0.39, 0.29) is 0 Å². The summed E-state index contributed by atoms with van der Waals surface area (Å²) in [6.45, 7) is 6.13. The number of anilines is 1. The van der Waals surface area contributed by atoms with Gasteiger partial charge in [-0.2, -0.15) is 0 Å². The fourth-order valence-electron chi connectivity index (χ4n) is 4.67. The van der Waals surface area contributed by atoms with Gasteiger partial charge in [0.25, 0.3) is 0 Å². The van der Waals surface area contributed by atoms with Crippen LogP contribution in [0.3, 0.4) is 0 Å². The summed E-state index contributed by atoms with van der Waals surface area (Å²) < 4.78 is 5.35. The third-order valence-electron chi connectivity index (χ3n) is 6.42. The molecule has 0 saturated carbocycles. The Bertz CT molecular complexity index is 1040. The van der Waals surface area contributed by atoms with Crippen molar-refractivity contribution in [2.75, 3.05) is 51.3 Å². The lowest BCUT2D eigenvalue weighted by Gasteiger charge is -2.37. The Labute approximate surface area is 188 Å². The van der Waals surface area contributed by atoms with Gasteiger partial charge in [0.2, 0.25) is 0 Å². The summed E-state index contributed by atoms with van der Waals surface area (Å²) in [5.74, 6) is 2.43. The second-order valence-electron chi connectivity index (χ2n) is 8.36. The van der Waals surface area contributed by atoms with Crippen molar-refractivity contribution in [1.82, 2.24) is 20.7 Å². The van der Waals surface area contributed by atoms with E-state index in [4.69, 9.17) is 16.3 Å². The van der Waals surface area contributed by atoms with Crippen LogP contribution in [0.2, 0.25) is 5.02 Å². The average Bonchev–Trinajstić information content (AvgIpc) is 3.27. The lowest BCUT2D eigenvalue weighted by atomic mass is 9.92. The van der Waals surface area contributed by atoms with E-state index in [0.29, 0.717) is 17.0 Å². The SMILES string of the molecule is COc1ccc2cc(C3NNCC3CN3CCN(c4ccc(Cl)cn4)CC3)ccc2c1. The van der Waals surface area contributed by atoms with Gasteiger partial charge in [0.15, 0.2) is 0 Å². The Morgan fingerprint density at radius 3 is 2.61 bits per heavy atom. The van der Waals surface area contributed by atoms with Crippen molar-refractivity contribution in [3.63, 3.8) is 0 Å². The number of aromatic nitrogens is 1. The Kier molecular flexibility index (Phi) is 5.96. The Morgan fingerprint density at radius 1 is 1.03 bits per heavy atom. The molecule has 0 amide bonds. The van der Waals surface area contributed by atoms with Crippen LogP contribution in [-0.4, -0.2) is 56.3 Å². The van der Waals surface area contributed by atoms with Crippen LogP contribution in [0.4, 0.5) is 5.82 Å². The Hall–Kier alpha value is -2.38. The van der Waals surface area contributed by atoms with Crippen LogP contribution in [0.25, 0.3) is 10.8 Å². The average molecular weight is 438 g/mol. The zero-order valence-electron chi connectivity index (χ0n) is 17.7. The highest BCUT2D eigenvalue weighted by Crippen LogP contribution is 2.30. The van der Waals surface area contributed by atoms with Gasteiger partial charge in [-0.1, -0.05) is 29.8 Å². The highest BCUT2D eigenvalue weighted by molar-refractivity contribution is 6.30. The quantitative estimate of drug-likeness (QED) is 0.637. The number of fused-ring (bicyclic) bond motifs is 1. The number of nitrogens with one attached hydrogen (secondary N) is 2. The lowest BCUT2D eigenvalue weighted by molar-refractivity contribution is 0.214. The van der Waals surface area contributed by atoms with Gasteiger partial charge in [-0.3, -0.25) is 10.3 Å². The van der Waals surface area contributed by atoms with Gasteiger partial charge in [0, 0.05) is 51.4 Å². The molecule has 2 aliphatic rings. The van der Waals surface area contributed by atoms with E-state index in [1.54, 1.807) is 13.3 Å². The Balaban J connectivity index is 1.23. The van der Waals surface area contributed by atoms with Crippen LogP contribution in [0.5, 0.6) is 5.75 Å². The number of pyridine rings is 1. The number of hydrazine groups is 1. The molecule has 5 rings (SSSR count). The molecule has 0 aliphatic carbocycles. The third kappa shape index (κ3) is 4.48. The number of halogens is 1.